The van der Waals surface area contributed by atoms with E-state index in [1.54, 1.807) is 17.0 Å². The normalized spacial score (nSPS) is 18.5. The van der Waals surface area contributed by atoms with Crippen LogP contribution in [0.25, 0.3) is 0 Å². The molecule has 0 N–H and O–H groups in total. The number of hydrogen-bond donors (Lipinski definition) is 0. The summed E-state index contributed by atoms with van der Waals surface area (Å²) in [7, 11) is 0. The fraction of sp³-hybridized carbons (Fsp3) is 0.588. The Bertz CT molecular complexity index is 811. The molecule has 0 aromatic carbocycles. The Balaban J connectivity index is 1.81. The Morgan fingerprint density at radius 1 is 1.31 bits per heavy atom. The maximum atomic E-state index is 12.8. The molecule has 1 saturated heterocycles. The molecule has 1 atom stereocenters. The van der Waals surface area contributed by atoms with Crippen LogP contribution in [-0.2, 0) is 12.7 Å². The van der Waals surface area contributed by atoms with Gasteiger partial charge in [0.25, 0.3) is 5.56 Å². The van der Waals surface area contributed by atoms with E-state index >= 15 is 0 Å². The van der Waals surface area contributed by atoms with E-state index in [2.05, 4.69) is 10.1 Å². The van der Waals surface area contributed by atoms with E-state index in [4.69, 9.17) is 0 Å². The van der Waals surface area contributed by atoms with Gasteiger partial charge in [-0.2, -0.15) is 18.3 Å². The fourth-order valence-corrected chi connectivity index (χ4v) is 3.25. The van der Waals surface area contributed by atoms with Crippen molar-refractivity contribution in [1.82, 2.24) is 19.3 Å². The summed E-state index contributed by atoms with van der Waals surface area (Å²) in [6.07, 6.45) is 1.63. The second kappa shape index (κ2) is 7.13. The Kier molecular flexibility index (Phi) is 5.06. The van der Waals surface area contributed by atoms with E-state index in [0.29, 0.717) is 37.8 Å². The molecule has 6 nitrogen and oxygen atoms in total. The molecule has 3 rings (SSSR count). The van der Waals surface area contributed by atoms with Crippen molar-refractivity contribution in [3.05, 3.63) is 40.7 Å². The molecule has 1 unspecified atom stereocenters. The maximum absolute atomic E-state index is 12.8. The summed E-state index contributed by atoms with van der Waals surface area (Å²) in [6.45, 7) is 5.71. The van der Waals surface area contributed by atoms with E-state index < -0.39 is 11.9 Å². The molecule has 142 valence electrons. The number of anilines is 1. The average molecular weight is 369 g/mol. The van der Waals surface area contributed by atoms with Gasteiger partial charge in [0, 0.05) is 38.2 Å². The molecular formula is C17H22F3N5O. The summed E-state index contributed by atoms with van der Waals surface area (Å²) >= 11 is 0. The number of aromatic nitrogens is 4. The van der Waals surface area contributed by atoms with Crippen molar-refractivity contribution in [2.75, 3.05) is 18.0 Å². The van der Waals surface area contributed by atoms with Gasteiger partial charge in [-0.15, -0.1) is 0 Å². The first-order valence-electron chi connectivity index (χ1n) is 8.68. The molecule has 0 saturated carbocycles. The zero-order chi connectivity index (χ0) is 18.9. The molecule has 3 heterocycles. The van der Waals surface area contributed by atoms with E-state index in [1.807, 2.05) is 18.7 Å². The summed E-state index contributed by atoms with van der Waals surface area (Å²) in [6, 6.07) is 0.759. The van der Waals surface area contributed by atoms with Gasteiger partial charge in [-0.3, -0.25) is 9.48 Å². The molecular weight excluding hydrogens is 347 g/mol. The van der Waals surface area contributed by atoms with E-state index in [-0.39, 0.29) is 11.6 Å². The average Bonchev–Trinajstić information content (AvgIpc) is 3.07. The molecule has 26 heavy (non-hydrogen) atoms. The summed E-state index contributed by atoms with van der Waals surface area (Å²) in [5.74, 6) is 0.669. The number of piperidine rings is 1. The SMILES string of the molecule is CC(C)Cn1ccnc(N2CCCC(n3ccc(C(F)(F)F)n3)C2)c1=O. The molecule has 1 fully saturated rings. The van der Waals surface area contributed by atoms with Crippen molar-refractivity contribution in [1.29, 1.82) is 0 Å². The van der Waals surface area contributed by atoms with Crippen molar-refractivity contribution in [2.45, 2.75) is 45.5 Å². The molecule has 9 heteroatoms. The van der Waals surface area contributed by atoms with Gasteiger partial charge in [-0.25, -0.2) is 4.98 Å². The smallest absolute Gasteiger partial charge is 0.350 e. The minimum absolute atomic E-state index is 0.168. The molecule has 1 aliphatic rings. The van der Waals surface area contributed by atoms with Crippen molar-refractivity contribution >= 4 is 5.82 Å². The topological polar surface area (TPSA) is 56.0 Å². The highest BCUT2D eigenvalue weighted by molar-refractivity contribution is 5.36. The van der Waals surface area contributed by atoms with Gasteiger partial charge in [-0.1, -0.05) is 13.8 Å². The van der Waals surface area contributed by atoms with Crippen LogP contribution in [0.5, 0.6) is 0 Å². The molecule has 0 spiro atoms. The van der Waals surface area contributed by atoms with Crippen LogP contribution in [0, 0.1) is 5.92 Å². The van der Waals surface area contributed by atoms with Crippen molar-refractivity contribution in [2.24, 2.45) is 5.92 Å². The summed E-state index contributed by atoms with van der Waals surface area (Å²) in [4.78, 5) is 18.7. The standard InChI is InChI=1S/C17H22F3N5O/c1-12(2)10-24-9-6-21-15(16(24)26)23-7-3-4-13(11-23)25-8-5-14(22-25)17(18,19)20/h5-6,8-9,12-13H,3-4,7,10-11H2,1-2H3. The van der Waals surface area contributed by atoms with Gasteiger partial charge >= 0.3 is 6.18 Å². The first-order chi connectivity index (χ1) is 12.3. The van der Waals surface area contributed by atoms with Crippen molar-refractivity contribution in [3.63, 3.8) is 0 Å². The Hall–Kier alpha value is -2.32. The molecule has 0 aliphatic carbocycles. The van der Waals surface area contributed by atoms with E-state index in [1.165, 1.54) is 10.9 Å². The van der Waals surface area contributed by atoms with Crippen LogP contribution in [0.3, 0.4) is 0 Å². The first kappa shape index (κ1) is 18.5. The van der Waals surface area contributed by atoms with E-state index in [9.17, 15) is 18.0 Å². The Labute approximate surface area is 149 Å². The Morgan fingerprint density at radius 2 is 2.08 bits per heavy atom. The highest BCUT2D eigenvalue weighted by Crippen LogP contribution is 2.29. The van der Waals surface area contributed by atoms with Crippen LogP contribution in [0.2, 0.25) is 0 Å². The van der Waals surface area contributed by atoms with Crippen LogP contribution in [0.4, 0.5) is 19.0 Å². The van der Waals surface area contributed by atoms with Crippen molar-refractivity contribution < 1.29 is 13.2 Å². The van der Waals surface area contributed by atoms with Gasteiger partial charge in [0.15, 0.2) is 11.5 Å². The van der Waals surface area contributed by atoms with Crippen LogP contribution in [0.15, 0.2) is 29.5 Å². The monoisotopic (exact) mass is 369 g/mol. The van der Waals surface area contributed by atoms with Crippen LogP contribution in [-0.4, -0.2) is 32.4 Å². The lowest BCUT2D eigenvalue weighted by atomic mass is 10.1. The van der Waals surface area contributed by atoms with Crippen LogP contribution < -0.4 is 10.5 Å². The lowest BCUT2D eigenvalue weighted by Crippen LogP contribution is -2.41. The lowest BCUT2D eigenvalue weighted by molar-refractivity contribution is -0.141. The second-order valence-corrected chi connectivity index (χ2v) is 7.02. The Morgan fingerprint density at radius 3 is 2.73 bits per heavy atom. The van der Waals surface area contributed by atoms with Crippen molar-refractivity contribution in [3.8, 4) is 0 Å². The largest absolute Gasteiger partial charge is 0.435 e. The minimum atomic E-state index is -4.45. The number of rotatable bonds is 4. The molecule has 1 aliphatic heterocycles. The zero-order valence-corrected chi connectivity index (χ0v) is 14.8. The summed E-state index contributed by atoms with van der Waals surface area (Å²) in [5, 5.41) is 3.67. The predicted molar refractivity (Wildman–Crippen MR) is 91.0 cm³/mol. The maximum Gasteiger partial charge on any atom is 0.435 e. The predicted octanol–water partition coefficient (Wildman–Crippen LogP) is 2.96. The number of alkyl halides is 3. The first-order valence-corrected chi connectivity index (χ1v) is 8.68. The zero-order valence-electron chi connectivity index (χ0n) is 14.8. The van der Waals surface area contributed by atoms with Gasteiger partial charge in [0.1, 0.15) is 0 Å². The third kappa shape index (κ3) is 3.91. The number of halogens is 3. The van der Waals surface area contributed by atoms with E-state index in [0.717, 1.165) is 12.5 Å². The third-order valence-corrected chi connectivity index (χ3v) is 4.43. The molecule has 0 radical (unpaired) electrons. The highest BCUT2D eigenvalue weighted by atomic mass is 19.4. The molecule has 0 bridgehead atoms. The van der Waals surface area contributed by atoms with Crippen LogP contribution >= 0.6 is 0 Å². The van der Waals surface area contributed by atoms with Gasteiger partial charge in [-0.05, 0) is 24.8 Å². The molecule has 0 amide bonds. The molecule has 2 aromatic heterocycles. The minimum Gasteiger partial charge on any atom is -0.350 e. The summed E-state index contributed by atoms with van der Waals surface area (Å²) < 4.78 is 41.3. The highest BCUT2D eigenvalue weighted by Gasteiger charge is 2.34. The molecule has 2 aromatic rings. The third-order valence-electron chi connectivity index (χ3n) is 4.43. The van der Waals surface area contributed by atoms with Gasteiger partial charge in [0.05, 0.1) is 6.04 Å². The second-order valence-electron chi connectivity index (χ2n) is 7.02. The summed E-state index contributed by atoms with van der Waals surface area (Å²) in [5.41, 5.74) is -1.06. The number of nitrogens with zero attached hydrogens (tertiary/aromatic N) is 5. The van der Waals surface area contributed by atoms with Gasteiger partial charge in [0.2, 0.25) is 0 Å². The quantitative estimate of drug-likeness (QED) is 0.832. The van der Waals surface area contributed by atoms with Gasteiger partial charge < -0.3 is 9.47 Å². The lowest BCUT2D eigenvalue weighted by Gasteiger charge is -2.33. The van der Waals surface area contributed by atoms with Crippen LogP contribution in [0.1, 0.15) is 38.4 Å². The number of hydrogen-bond acceptors (Lipinski definition) is 4. The fourth-order valence-electron chi connectivity index (χ4n) is 3.25.